The standard InChI is InChI=1S/C11H13BrO3/c1-11(2,3)15-7-4-5-8(10(13)14)9(12)6-7/h4-6H,1-3H3,(H,13,14). The number of halogens is 1. The second-order valence-corrected chi connectivity index (χ2v) is 5.02. The highest BCUT2D eigenvalue weighted by atomic mass is 79.9. The van der Waals surface area contributed by atoms with Crippen LogP contribution in [0.3, 0.4) is 0 Å². The van der Waals surface area contributed by atoms with Crippen molar-refractivity contribution in [3.8, 4) is 5.75 Å². The van der Waals surface area contributed by atoms with Crippen LogP contribution in [0.1, 0.15) is 31.1 Å². The lowest BCUT2D eigenvalue weighted by atomic mass is 10.2. The molecular formula is C11H13BrO3. The number of hydrogen-bond donors (Lipinski definition) is 1. The van der Waals surface area contributed by atoms with E-state index < -0.39 is 5.97 Å². The van der Waals surface area contributed by atoms with E-state index in [1.54, 1.807) is 12.1 Å². The molecule has 1 aromatic carbocycles. The Morgan fingerprint density at radius 1 is 1.40 bits per heavy atom. The predicted octanol–water partition coefficient (Wildman–Crippen LogP) is 3.32. The molecule has 0 bridgehead atoms. The largest absolute Gasteiger partial charge is 0.488 e. The van der Waals surface area contributed by atoms with Crippen LogP contribution < -0.4 is 4.74 Å². The first-order chi connectivity index (χ1) is 6.79. The number of benzene rings is 1. The van der Waals surface area contributed by atoms with Gasteiger partial charge in [-0.1, -0.05) is 0 Å². The molecule has 1 rings (SSSR count). The molecule has 0 aromatic heterocycles. The number of carboxylic acids is 1. The van der Waals surface area contributed by atoms with Gasteiger partial charge in [0, 0.05) is 4.47 Å². The molecule has 0 fully saturated rings. The number of carboxylic acid groups (broad SMARTS) is 1. The van der Waals surface area contributed by atoms with Gasteiger partial charge >= 0.3 is 5.97 Å². The SMILES string of the molecule is CC(C)(C)Oc1ccc(C(=O)O)c(Br)c1. The summed E-state index contributed by atoms with van der Waals surface area (Å²) in [7, 11) is 0. The number of rotatable bonds is 2. The third-order valence-electron chi connectivity index (χ3n) is 1.59. The van der Waals surface area contributed by atoms with Crippen molar-refractivity contribution in [3.63, 3.8) is 0 Å². The van der Waals surface area contributed by atoms with Gasteiger partial charge in [-0.15, -0.1) is 0 Å². The fourth-order valence-corrected chi connectivity index (χ4v) is 1.61. The summed E-state index contributed by atoms with van der Waals surface area (Å²) in [5, 5.41) is 8.82. The van der Waals surface area contributed by atoms with E-state index in [2.05, 4.69) is 15.9 Å². The molecule has 0 saturated heterocycles. The van der Waals surface area contributed by atoms with Gasteiger partial charge in [-0.3, -0.25) is 0 Å². The van der Waals surface area contributed by atoms with Crippen molar-refractivity contribution in [1.29, 1.82) is 0 Å². The van der Waals surface area contributed by atoms with E-state index in [4.69, 9.17) is 9.84 Å². The number of ether oxygens (including phenoxy) is 1. The minimum Gasteiger partial charge on any atom is -0.488 e. The first-order valence-electron chi connectivity index (χ1n) is 4.51. The van der Waals surface area contributed by atoms with Gasteiger partial charge in [0.1, 0.15) is 11.4 Å². The van der Waals surface area contributed by atoms with Gasteiger partial charge in [0.25, 0.3) is 0 Å². The number of carbonyl (C=O) groups is 1. The Bertz CT molecular complexity index is 380. The van der Waals surface area contributed by atoms with Crippen LogP contribution in [0.4, 0.5) is 0 Å². The summed E-state index contributed by atoms with van der Waals surface area (Å²) in [5.41, 5.74) is -0.0549. The molecule has 0 spiro atoms. The van der Waals surface area contributed by atoms with Crippen molar-refractivity contribution >= 4 is 21.9 Å². The van der Waals surface area contributed by atoms with Crippen molar-refractivity contribution in [2.75, 3.05) is 0 Å². The van der Waals surface area contributed by atoms with E-state index in [0.717, 1.165) is 0 Å². The molecule has 0 amide bonds. The Morgan fingerprint density at radius 2 is 2.00 bits per heavy atom. The number of aromatic carboxylic acids is 1. The Balaban J connectivity index is 2.97. The maximum absolute atomic E-state index is 10.7. The van der Waals surface area contributed by atoms with Crippen LogP contribution in [0, 0.1) is 0 Å². The van der Waals surface area contributed by atoms with E-state index in [1.165, 1.54) is 6.07 Å². The third-order valence-corrected chi connectivity index (χ3v) is 2.25. The molecule has 0 unspecified atom stereocenters. The molecule has 4 heteroatoms. The highest BCUT2D eigenvalue weighted by Gasteiger charge is 2.14. The topological polar surface area (TPSA) is 46.5 Å². The van der Waals surface area contributed by atoms with Crippen LogP contribution in [0.15, 0.2) is 22.7 Å². The molecular weight excluding hydrogens is 260 g/mol. The zero-order valence-corrected chi connectivity index (χ0v) is 10.5. The van der Waals surface area contributed by atoms with Crippen molar-refractivity contribution in [1.82, 2.24) is 0 Å². The smallest absolute Gasteiger partial charge is 0.336 e. The summed E-state index contributed by atoms with van der Waals surface area (Å²) in [6, 6.07) is 4.83. The molecule has 15 heavy (non-hydrogen) atoms. The van der Waals surface area contributed by atoms with Gasteiger partial charge < -0.3 is 9.84 Å². The van der Waals surface area contributed by atoms with Gasteiger partial charge in [-0.2, -0.15) is 0 Å². The predicted molar refractivity (Wildman–Crippen MR) is 61.5 cm³/mol. The molecule has 0 atom stereocenters. The van der Waals surface area contributed by atoms with Gasteiger partial charge in [-0.05, 0) is 54.9 Å². The highest BCUT2D eigenvalue weighted by Crippen LogP contribution is 2.25. The molecule has 3 nitrogen and oxygen atoms in total. The molecule has 1 N–H and O–H groups in total. The molecule has 1 aromatic rings. The summed E-state index contributed by atoms with van der Waals surface area (Å²) in [6.07, 6.45) is 0. The Kier molecular flexibility index (Phi) is 3.39. The minimum absolute atomic E-state index is 0.233. The summed E-state index contributed by atoms with van der Waals surface area (Å²) in [6.45, 7) is 5.81. The molecule has 0 aliphatic rings. The molecule has 0 aliphatic carbocycles. The van der Waals surface area contributed by atoms with Crippen LogP contribution in [-0.2, 0) is 0 Å². The van der Waals surface area contributed by atoms with E-state index >= 15 is 0 Å². The molecule has 0 aliphatic heterocycles. The van der Waals surface area contributed by atoms with Gasteiger partial charge in [-0.25, -0.2) is 4.79 Å². The van der Waals surface area contributed by atoms with Gasteiger partial charge in [0.15, 0.2) is 0 Å². The monoisotopic (exact) mass is 272 g/mol. The lowest BCUT2D eigenvalue weighted by molar-refractivity contribution is 0.0696. The van der Waals surface area contributed by atoms with E-state index in [-0.39, 0.29) is 11.2 Å². The quantitative estimate of drug-likeness (QED) is 0.899. The van der Waals surface area contributed by atoms with Crippen LogP contribution in [-0.4, -0.2) is 16.7 Å². The summed E-state index contributed by atoms with van der Waals surface area (Å²) in [4.78, 5) is 10.7. The van der Waals surface area contributed by atoms with Crippen molar-refractivity contribution < 1.29 is 14.6 Å². The van der Waals surface area contributed by atoms with Gasteiger partial charge in [0.2, 0.25) is 0 Å². The first-order valence-corrected chi connectivity index (χ1v) is 5.31. The van der Waals surface area contributed by atoms with E-state index in [0.29, 0.717) is 10.2 Å². The first kappa shape index (κ1) is 12.0. The maximum Gasteiger partial charge on any atom is 0.336 e. The van der Waals surface area contributed by atoms with Crippen molar-refractivity contribution in [2.24, 2.45) is 0 Å². The number of hydrogen-bond acceptors (Lipinski definition) is 2. The Hall–Kier alpha value is -1.03. The summed E-state index contributed by atoms with van der Waals surface area (Å²) >= 11 is 3.19. The van der Waals surface area contributed by atoms with Crippen molar-refractivity contribution in [3.05, 3.63) is 28.2 Å². The van der Waals surface area contributed by atoms with Gasteiger partial charge in [0.05, 0.1) is 5.56 Å². The van der Waals surface area contributed by atoms with Crippen molar-refractivity contribution in [2.45, 2.75) is 26.4 Å². The Labute approximate surface area is 97.2 Å². The van der Waals surface area contributed by atoms with Crippen LogP contribution in [0.25, 0.3) is 0 Å². The third kappa shape index (κ3) is 3.55. The second kappa shape index (κ2) is 4.23. The zero-order valence-electron chi connectivity index (χ0n) is 8.87. The minimum atomic E-state index is -0.954. The highest BCUT2D eigenvalue weighted by molar-refractivity contribution is 9.10. The maximum atomic E-state index is 10.7. The van der Waals surface area contributed by atoms with E-state index in [9.17, 15) is 4.79 Å². The lowest BCUT2D eigenvalue weighted by Gasteiger charge is -2.21. The molecule has 0 heterocycles. The zero-order chi connectivity index (χ0) is 11.6. The molecule has 0 saturated carbocycles. The summed E-state index contributed by atoms with van der Waals surface area (Å²) in [5.74, 6) is -0.302. The Morgan fingerprint density at radius 3 is 2.40 bits per heavy atom. The fourth-order valence-electron chi connectivity index (χ4n) is 1.09. The van der Waals surface area contributed by atoms with Crippen LogP contribution in [0.5, 0.6) is 5.75 Å². The fraction of sp³-hybridized carbons (Fsp3) is 0.364. The van der Waals surface area contributed by atoms with Crippen LogP contribution >= 0.6 is 15.9 Å². The normalized spacial score (nSPS) is 11.2. The lowest BCUT2D eigenvalue weighted by Crippen LogP contribution is -2.22. The average Bonchev–Trinajstić information content (AvgIpc) is 1.99. The van der Waals surface area contributed by atoms with Crippen LogP contribution in [0.2, 0.25) is 0 Å². The second-order valence-electron chi connectivity index (χ2n) is 4.16. The average molecular weight is 273 g/mol. The van der Waals surface area contributed by atoms with E-state index in [1.807, 2.05) is 20.8 Å². The summed E-state index contributed by atoms with van der Waals surface area (Å²) < 4.78 is 6.12. The molecule has 0 radical (unpaired) electrons. The molecule has 82 valence electrons.